The fourth-order valence-corrected chi connectivity index (χ4v) is 2.81. The van der Waals surface area contributed by atoms with Gasteiger partial charge in [-0.15, -0.1) is 0 Å². The maximum absolute atomic E-state index is 12.8. The molecule has 2 N–H and O–H groups in total. The largest absolute Gasteiger partial charge is 0.464 e. The average molecular weight is 417 g/mol. The van der Waals surface area contributed by atoms with Gasteiger partial charge in [0.15, 0.2) is 6.10 Å². The van der Waals surface area contributed by atoms with Crippen molar-refractivity contribution in [2.75, 3.05) is 11.9 Å². The SMILES string of the molecule is CCOC(=O)C(O)Cn1cc(-c2cc(C)cc(Nc3nccc(C(F)F)n3)c2)cn1. The summed E-state index contributed by atoms with van der Waals surface area (Å²) >= 11 is 0. The second-order valence-electron chi connectivity index (χ2n) is 6.54. The van der Waals surface area contributed by atoms with Crippen molar-refractivity contribution in [2.45, 2.75) is 32.9 Å². The smallest absolute Gasteiger partial charge is 0.336 e. The number of anilines is 2. The molecule has 0 radical (unpaired) electrons. The minimum atomic E-state index is -2.68. The summed E-state index contributed by atoms with van der Waals surface area (Å²) in [4.78, 5) is 19.4. The highest BCUT2D eigenvalue weighted by molar-refractivity contribution is 5.74. The topological polar surface area (TPSA) is 102 Å². The summed E-state index contributed by atoms with van der Waals surface area (Å²) < 4.78 is 31.9. The number of alkyl halides is 2. The molecule has 1 aromatic carbocycles. The fourth-order valence-electron chi connectivity index (χ4n) is 2.81. The van der Waals surface area contributed by atoms with Crippen molar-refractivity contribution >= 4 is 17.6 Å². The zero-order chi connectivity index (χ0) is 21.7. The molecule has 30 heavy (non-hydrogen) atoms. The van der Waals surface area contributed by atoms with Crippen molar-refractivity contribution in [3.05, 3.63) is 54.1 Å². The molecule has 0 saturated carbocycles. The van der Waals surface area contributed by atoms with E-state index in [1.807, 2.05) is 19.1 Å². The van der Waals surface area contributed by atoms with E-state index in [0.29, 0.717) is 5.69 Å². The lowest BCUT2D eigenvalue weighted by atomic mass is 10.1. The first-order valence-electron chi connectivity index (χ1n) is 9.23. The van der Waals surface area contributed by atoms with Gasteiger partial charge in [0.1, 0.15) is 5.69 Å². The molecule has 3 rings (SSSR count). The van der Waals surface area contributed by atoms with Crippen LogP contribution < -0.4 is 5.32 Å². The van der Waals surface area contributed by atoms with E-state index in [1.165, 1.54) is 10.9 Å². The Balaban J connectivity index is 1.78. The standard InChI is InChI=1S/C20H21F2N5O3/c1-3-30-19(29)17(28)11-27-10-14(9-24-27)13-6-12(2)7-15(8-13)25-20-23-5-4-16(26-20)18(21)22/h4-10,17-18,28H,3,11H2,1-2H3,(H,23,25,26). The van der Waals surface area contributed by atoms with E-state index < -0.39 is 18.5 Å². The molecule has 0 bridgehead atoms. The summed E-state index contributed by atoms with van der Waals surface area (Å²) in [6.45, 7) is 3.70. The minimum absolute atomic E-state index is 0.0377. The second kappa shape index (κ2) is 9.40. The summed E-state index contributed by atoms with van der Waals surface area (Å²) in [6, 6.07) is 6.72. The molecular weight excluding hydrogens is 396 g/mol. The molecule has 0 aliphatic rings. The first-order valence-corrected chi connectivity index (χ1v) is 9.23. The van der Waals surface area contributed by atoms with Crippen LogP contribution in [0.15, 0.2) is 42.9 Å². The van der Waals surface area contributed by atoms with E-state index in [0.717, 1.165) is 22.8 Å². The van der Waals surface area contributed by atoms with Crippen LogP contribution in [0.4, 0.5) is 20.4 Å². The summed E-state index contributed by atoms with van der Waals surface area (Å²) in [5.41, 5.74) is 2.73. The van der Waals surface area contributed by atoms with Gasteiger partial charge in [0.2, 0.25) is 5.95 Å². The maximum Gasteiger partial charge on any atom is 0.336 e. The third-order valence-electron chi connectivity index (χ3n) is 4.12. The van der Waals surface area contributed by atoms with Crippen LogP contribution >= 0.6 is 0 Å². The average Bonchev–Trinajstić information content (AvgIpc) is 3.16. The molecule has 0 spiro atoms. The van der Waals surface area contributed by atoms with Gasteiger partial charge in [-0.3, -0.25) is 4.68 Å². The van der Waals surface area contributed by atoms with Crippen molar-refractivity contribution < 1.29 is 23.4 Å². The van der Waals surface area contributed by atoms with Crippen LogP contribution in [0.25, 0.3) is 11.1 Å². The molecule has 0 aliphatic heterocycles. The van der Waals surface area contributed by atoms with E-state index in [-0.39, 0.29) is 24.8 Å². The fraction of sp³-hybridized carbons (Fsp3) is 0.300. The number of halogens is 2. The maximum atomic E-state index is 12.8. The van der Waals surface area contributed by atoms with Crippen LogP contribution in [0.3, 0.4) is 0 Å². The predicted octanol–water partition coefficient (Wildman–Crippen LogP) is 3.25. The van der Waals surface area contributed by atoms with Gasteiger partial charge >= 0.3 is 5.97 Å². The lowest BCUT2D eigenvalue weighted by molar-refractivity contribution is -0.153. The van der Waals surface area contributed by atoms with Crippen LogP contribution in [0.2, 0.25) is 0 Å². The first kappa shape index (κ1) is 21.3. The number of ether oxygens (including phenoxy) is 1. The lowest BCUT2D eigenvalue weighted by Gasteiger charge is -2.10. The monoisotopic (exact) mass is 417 g/mol. The van der Waals surface area contributed by atoms with Crippen LogP contribution in [0, 0.1) is 6.92 Å². The normalized spacial score (nSPS) is 12.1. The number of carbonyl (C=O) groups is 1. The molecule has 0 fully saturated rings. The van der Waals surface area contributed by atoms with E-state index in [4.69, 9.17) is 4.74 Å². The number of nitrogens with one attached hydrogen (secondary N) is 1. The van der Waals surface area contributed by atoms with Gasteiger partial charge in [-0.25, -0.2) is 23.5 Å². The molecule has 8 nitrogen and oxygen atoms in total. The predicted molar refractivity (Wildman–Crippen MR) is 105 cm³/mol. The summed E-state index contributed by atoms with van der Waals surface area (Å²) in [5.74, 6) is -0.639. The molecular formula is C20H21F2N5O3. The number of benzene rings is 1. The Morgan fingerprint density at radius 2 is 2.10 bits per heavy atom. The summed E-state index contributed by atoms with van der Waals surface area (Å²) in [5, 5.41) is 17.0. The van der Waals surface area contributed by atoms with Gasteiger partial charge in [0, 0.05) is 23.6 Å². The number of aliphatic hydroxyl groups is 1. The van der Waals surface area contributed by atoms with Gasteiger partial charge in [-0.1, -0.05) is 6.07 Å². The molecule has 1 unspecified atom stereocenters. The number of aromatic nitrogens is 4. The molecule has 3 aromatic rings. The number of esters is 1. The molecule has 0 saturated heterocycles. The van der Waals surface area contributed by atoms with Crippen LogP contribution in [0.5, 0.6) is 0 Å². The Morgan fingerprint density at radius 1 is 1.30 bits per heavy atom. The highest BCUT2D eigenvalue weighted by atomic mass is 19.3. The zero-order valence-corrected chi connectivity index (χ0v) is 16.4. The van der Waals surface area contributed by atoms with Gasteiger partial charge in [-0.05, 0) is 43.2 Å². The van der Waals surface area contributed by atoms with E-state index in [2.05, 4.69) is 20.4 Å². The van der Waals surface area contributed by atoms with E-state index in [1.54, 1.807) is 25.4 Å². The number of aryl methyl sites for hydroxylation is 1. The Kier molecular flexibility index (Phi) is 6.68. The Hall–Kier alpha value is -3.40. The number of aliphatic hydroxyl groups excluding tert-OH is 1. The van der Waals surface area contributed by atoms with Crippen molar-refractivity contribution in [1.82, 2.24) is 19.7 Å². The van der Waals surface area contributed by atoms with Gasteiger partial charge in [-0.2, -0.15) is 5.10 Å². The molecule has 0 amide bonds. The van der Waals surface area contributed by atoms with Crippen LogP contribution in [0.1, 0.15) is 24.6 Å². The highest BCUT2D eigenvalue weighted by Gasteiger charge is 2.17. The molecule has 0 aliphatic carbocycles. The molecule has 1 atom stereocenters. The number of hydrogen-bond donors (Lipinski definition) is 2. The quantitative estimate of drug-likeness (QED) is 0.543. The van der Waals surface area contributed by atoms with Gasteiger partial charge in [0.05, 0.1) is 19.3 Å². The number of hydrogen-bond acceptors (Lipinski definition) is 7. The van der Waals surface area contributed by atoms with Crippen LogP contribution in [-0.2, 0) is 16.1 Å². The summed E-state index contributed by atoms with van der Waals surface area (Å²) in [6.07, 6.45) is 0.565. The second-order valence-corrected chi connectivity index (χ2v) is 6.54. The van der Waals surface area contributed by atoms with Crippen LogP contribution in [-0.4, -0.2) is 43.5 Å². The lowest BCUT2D eigenvalue weighted by Crippen LogP contribution is -2.28. The van der Waals surface area contributed by atoms with Gasteiger partial charge in [0.25, 0.3) is 6.43 Å². The first-order chi connectivity index (χ1) is 14.4. The van der Waals surface area contributed by atoms with E-state index in [9.17, 15) is 18.7 Å². The van der Waals surface area contributed by atoms with Crippen molar-refractivity contribution in [3.8, 4) is 11.1 Å². The molecule has 158 valence electrons. The van der Waals surface area contributed by atoms with Crippen molar-refractivity contribution in [1.29, 1.82) is 0 Å². The molecule has 10 heteroatoms. The van der Waals surface area contributed by atoms with Crippen molar-refractivity contribution in [2.24, 2.45) is 0 Å². The number of rotatable bonds is 8. The zero-order valence-electron chi connectivity index (χ0n) is 16.4. The Morgan fingerprint density at radius 3 is 2.83 bits per heavy atom. The van der Waals surface area contributed by atoms with Crippen molar-refractivity contribution in [3.63, 3.8) is 0 Å². The molecule has 2 aromatic heterocycles. The third-order valence-corrected chi connectivity index (χ3v) is 4.12. The summed E-state index contributed by atoms with van der Waals surface area (Å²) in [7, 11) is 0. The van der Waals surface area contributed by atoms with Gasteiger partial charge < -0.3 is 15.2 Å². The Bertz CT molecular complexity index is 1030. The number of carbonyl (C=O) groups excluding carboxylic acids is 1. The highest BCUT2D eigenvalue weighted by Crippen LogP contribution is 2.26. The number of nitrogens with zero attached hydrogens (tertiary/aromatic N) is 4. The third kappa shape index (κ3) is 5.35. The van der Waals surface area contributed by atoms with E-state index >= 15 is 0 Å². The Labute approximate surface area is 171 Å². The minimum Gasteiger partial charge on any atom is -0.464 e. The molecule has 2 heterocycles.